The number of carbonyl (C=O) groups excluding carboxylic acids is 4. The first-order valence-corrected chi connectivity index (χ1v) is 15.2. The number of nitrogens with zero attached hydrogens (tertiary/aromatic N) is 2. The summed E-state index contributed by atoms with van der Waals surface area (Å²) in [5.41, 5.74) is 9.11. The highest BCUT2D eigenvalue weighted by Crippen LogP contribution is 2.27. The van der Waals surface area contributed by atoms with Crippen molar-refractivity contribution >= 4 is 40.9 Å². The highest BCUT2D eigenvalue weighted by molar-refractivity contribution is 6.31. The first-order chi connectivity index (χ1) is 20.1. The minimum Gasteiger partial charge on any atom is -0.342 e. The van der Waals surface area contributed by atoms with Crippen molar-refractivity contribution in [1.82, 2.24) is 15.1 Å². The van der Waals surface area contributed by atoms with Gasteiger partial charge in [0.15, 0.2) is 0 Å². The fourth-order valence-corrected chi connectivity index (χ4v) is 6.19. The molecule has 1 saturated heterocycles. The van der Waals surface area contributed by atoms with E-state index in [1.165, 1.54) is 0 Å². The quantitative estimate of drug-likeness (QED) is 0.405. The average molecular weight is 596 g/mol. The van der Waals surface area contributed by atoms with Crippen molar-refractivity contribution < 1.29 is 19.2 Å². The molecule has 0 bridgehead atoms. The molecule has 42 heavy (non-hydrogen) atoms. The van der Waals surface area contributed by atoms with Crippen molar-refractivity contribution in [2.45, 2.75) is 96.4 Å². The summed E-state index contributed by atoms with van der Waals surface area (Å²) in [6.07, 6.45) is 3.67. The Hall–Kier alpha value is -3.43. The number of nitrogens with two attached hydrogens (primary N) is 1. The van der Waals surface area contributed by atoms with Crippen LogP contribution in [0.2, 0.25) is 5.02 Å². The lowest BCUT2D eigenvalue weighted by atomic mass is 9.92. The molecule has 2 heterocycles. The van der Waals surface area contributed by atoms with Crippen LogP contribution in [-0.2, 0) is 32.1 Å². The molecule has 2 aromatic rings. The summed E-state index contributed by atoms with van der Waals surface area (Å²) in [4.78, 5) is 57.0. The Morgan fingerprint density at radius 1 is 1.00 bits per heavy atom. The van der Waals surface area contributed by atoms with Crippen LogP contribution < -0.4 is 16.4 Å². The van der Waals surface area contributed by atoms with Crippen molar-refractivity contribution in [2.24, 2.45) is 5.73 Å². The number of hydrogen-bond acceptors (Lipinski definition) is 5. The molecule has 0 aromatic heterocycles. The van der Waals surface area contributed by atoms with Gasteiger partial charge in [-0.3, -0.25) is 19.2 Å². The standard InChI is InChI=1S/C32H42ClN5O4/c1-20-17-25(11-12-26(20)33)35-31(41)27(15-16-34)36-32(42)28-18-23-9-4-5-10-24(23)19-37(28)29(39)13-14-30(40)38-21(2)7-6-8-22(38)3/h4-5,9-12,17,21-22,27-28H,6-8,13-16,18-19,34H2,1-3H3,(H,35,41)(H,36,42)/t21-,22+,27-,28-/m0/s1. The van der Waals surface area contributed by atoms with Gasteiger partial charge in [0.05, 0.1) is 0 Å². The fraction of sp³-hybridized carbons (Fsp3) is 0.500. The lowest BCUT2D eigenvalue weighted by Crippen LogP contribution is -2.56. The van der Waals surface area contributed by atoms with E-state index in [0.29, 0.717) is 17.1 Å². The Kier molecular flexibility index (Phi) is 10.6. The predicted octanol–water partition coefficient (Wildman–Crippen LogP) is 3.94. The Morgan fingerprint density at radius 2 is 1.67 bits per heavy atom. The van der Waals surface area contributed by atoms with Crippen LogP contribution in [0.4, 0.5) is 5.69 Å². The van der Waals surface area contributed by atoms with Crippen molar-refractivity contribution in [3.05, 3.63) is 64.2 Å². The van der Waals surface area contributed by atoms with Gasteiger partial charge in [-0.15, -0.1) is 0 Å². The zero-order valence-corrected chi connectivity index (χ0v) is 25.5. The number of nitrogens with one attached hydrogen (secondary N) is 2. The molecule has 0 radical (unpaired) electrons. The molecule has 2 aliphatic heterocycles. The van der Waals surface area contributed by atoms with E-state index in [0.717, 1.165) is 36.0 Å². The Bertz CT molecular complexity index is 1310. The highest BCUT2D eigenvalue weighted by Gasteiger charge is 2.37. The minimum atomic E-state index is -0.892. The zero-order valence-electron chi connectivity index (χ0n) is 24.7. The van der Waals surface area contributed by atoms with Crippen LogP contribution in [0.1, 0.15) is 69.1 Å². The van der Waals surface area contributed by atoms with E-state index in [1.54, 1.807) is 23.1 Å². The Morgan fingerprint density at radius 3 is 2.33 bits per heavy atom. The second-order valence-electron chi connectivity index (χ2n) is 11.5. The monoisotopic (exact) mass is 595 g/mol. The number of piperidine rings is 1. The average Bonchev–Trinajstić information content (AvgIpc) is 2.96. The van der Waals surface area contributed by atoms with E-state index >= 15 is 0 Å². The maximum Gasteiger partial charge on any atom is 0.246 e. The summed E-state index contributed by atoms with van der Waals surface area (Å²) in [6, 6.07) is 11.5. The van der Waals surface area contributed by atoms with Gasteiger partial charge in [-0.2, -0.15) is 0 Å². The number of halogens is 1. The van der Waals surface area contributed by atoms with Gasteiger partial charge in [-0.25, -0.2) is 0 Å². The number of fused-ring (bicyclic) bond motifs is 1. The predicted molar refractivity (Wildman–Crippen MR) is 164 cm³/mol. The maximum atomic E-state index is 13.7. The van der Waals surface area contributed by atoms with Crippen LogP contribution >= 0.6 is 11.6 Å². The molecule has 0 unspecified atom stereocenters. The number of aryl methyl sites for hydroxylation is 1. The molecule has 4 N–H and O–H groups in total. The van der Waals surface area contributed by atoms with Crippen molar-refractivity contribution in [3.8, 4) is 0 Å². The van der Waals surface area contributed by atoms with Crippen LogP contribution in [-0.4, -0.2) is 64.1 Å². The van der Waals surface area contributed by atoms with E-state index < -0.39 is 23.9 Å². The molecular weight excluding hydrogens is 554 g/mol. The van der Waals surface area contributed by atoms with Crippen LogP contribution in [0.25, 0.3) is 0 Å². The number of benzene rings is 2. The molecule has 4 atom stereocenters. The summed E-state index contributed by atoms with van der Waals surface area (Å²) in [7, 11) is 0. The SMILES string of the molecule is Cc1cc(NC(=O)[C@H](CCN)NC(=O)[C@@H]2Cc3ccccc3CN2C(=O)CCC(=O)N2[C@H](C)CCC[C@@H]2C)ccc1Cl. The topological polar surface area (TPSA) is 125 Å². The first-order valence-electron chi connectivity index (χ1n) is 14.8. The van der Waals surface area contributed by atoms with E-state index in [1.807, 2.05) is 36.1 Å². The summed E-state index contributed by atoms with van der Waals surface area (Å²) in [5.74, 6) is -1.12. The normalized spacial score (nSPS) is 20.8. The number of amides is 4. The van der Waals surface area contributed by atoms with Gasteiger partial charge >= 0.3 is 0 Å². The summed E-state index contributed by atoms with van der Waals surface area (Å²) < 4.78 is 0. The third-order valence-electron chi connectivity index (χ3n) is 8.42. The maximum absolute atomic E-state index is 13.7. The largest absolute Gasteiger partial charge is 0.342 e. The van der Waals surface area contributed by atoms with E-state index in [2.05, 4.69) is 24.5 Å². The molecule has 9 nitrogen and oxygen atoms in total. The third kappa shape index (κ3) is 7.50. The van der Waals surface area contributed by atoms with Gasteiger partial charge in [0, 0.05) is 48.6 Å². The second kappa shape index (κ2) is 14.2. The van der Waals surface area contributed by atoms with Gasteiger partial charge in [0.1, 0.15) is 12.1 Å². The fourth-order valence-electron chi connectivity index (χ4n) is 6.07. The molecule has 10 heteroatoms. The molecule has 0 saturated carbocycles. The number of hydrogen-bond donors (Lipinski definition) is 3. The molecule has 4 amide bonds. The molecule has 2 aromatic carbocycles. The zero-order chi connectivity index (χ0) is 30.4. The van der Waals surface area contributed by atoms with E-state index in [-0.39, 0.29) is 56.3 Å². The van der Waals surface area contributed by atoms with E-state index in [4.69, 9.17) is 17.3 Å². The molecule has 0 spiro atoms. The molecule has 2 aliphatic rings. The molecule has 0 aliphatic carbocycles. The smallest absolute Gasteiger partial charge is 0.246 e. The molecule has 226 valence electrons. The third-order valence-corrected chi connectivity index (χ3v) is 8.84. The number of likely N-dealkylation sites (tertiary alicyclic amines) is 1. The Labute approximate surface area is 253 Å². The Balaban J connectivity index is 1.47. The van der Waals surface area contributed by atoms with Crippen LogP contribution in [0.15, 0.2) is 42.5 Å². The van der Waals surface area contributed by atoms with Crippen molar-refractivity contribution in [3.63, 3.8) is 0 Å². The number of carbonyl (C=O) groups is 4. The van der Waals surface area contributed by atoms with E-state index in [9.17, 15) is 19.2 Å². The number of anilines is 1. The van der Waals surface area contributed by atoms with Gasteiger partial charge < -0.3 is 26.2 Å². The molecule has 1 fully saturated rings. The van der Waals surface area contributed by atoms with Gasteiger partial charge in [-0.1, -0.05) is 35.9 Å². The second-order valence-corrected chi connectivity index (χ2v) is 11.9. The first kappa shape index (κ1) is 31.5. The van der Waals surface area contributed by atoms with Crippen molar-refractivity contribution in [1.29, 1.82) is 0 Å². The lowest BCUT2D eigenvalue weighted by molar-refractivity contribution is -0.145. The molecule has 4 rings (SSSR count). The van der Waals surface area contributed by atoms with Gasteiger partial charge in [0.2, 0.25) is 23.6 Å². The van der Waals surface area contributed by atoms with Gasteiger partial charge in [-0.05, 0) is 87.9 Å². The highest BCUT2D eigenvalue weighted by atomic mass is 35.5. The summed E-state index contributed by atoms with van der Waals surface area (Å²) in [6.45, 7) is 6.39. The van der Waals surface area contributed by atoms with Crippen LogP contribution in [0.3, 0.4) is 0 Å². The van der Waals surface area contributed by atoms with Crippen LogP contribution in [0.5, 0.6) is 0 Å². The lowest BCUT2D eigenvalue weighted by Gasteiger charge is -2.39. The molecular formula is C32H42ClN5O4. The number of rotatable bonds is 9. The van der Waals surface area contributed by atoms with Gasteiger partial charge in [0.25, 0.3) is 0 Å². The van der Waals surface area contributed by atoms with Crippen molar-refractivity contribution in [2.75, 3.05) is 11.9 Å². The summed E-state index contributed by atoms with van der Waals surface area (Å²) >= 11 is 6.11. The van der Waals surface area contributed by atoms with Crippen LogP contribution in [0, 0.1) is 6.92 Å². The summed E-state index contributed by atoms with van der Waals surface area (Å²) in [5, 5.41) is 6.27. The minimum absolute atomic E-state index is 0.0172.